The number of thioether (sulfide) groups is 3. The van der Waals surface area contributed by atoms with Gasteiger partial charge < -0.3 is 0 Å². The van der Waals surface area contributed by atoms with Gasteiger partial charge in [-0.15, -0.1) is 11.7 Å². The van der Waals surface area contributed by atoms with E-state index in [2.05, 4.69) is 48.7 Å². The van der Waals surface area contributed by atoms with Crippen LogP contribution in [0.3, 0.4) is 0 Å². The van der Waals surface area contributed by atoms with Crippen molar-refractivity contribution in [3.63, 3.8) is 0 Å². The topological polar surface area (TPSA) is 0 Å². The minimum absolute atomic E-state index is 0.489. The van der Waals surface area contributed by atoms with Crippen molar-refractivity contribution in [2.24, 2.45) is 0 Å². The Morgan fingerprint density at radius 1 is 0.812 bits per heavy atom. The molecule has 0 aliphatic heterocycles. The first-order chi connectivity index (χ1) is 7.81. The zero-order valence-corrected chi connectivity index (χ0v) is 15.2. The summed E-state index contributed by atoms with van der Waals surface area (Å²) in [5.41, 5.74) is 0. The van der Waals surface area contributed by atoms with Gasteiger partial charge in [0.2, 0.25) is 0 Å². The molecule has 98 valence electrons. The quantitative estimate of drug-likeness (QED) is 0.276. The first kappa shape index (κ1) is 18.4. The Labute approximate surface area is 133 Å². The van der Waals surface area contributed by atoms with Crippen molar-refractivity contribution in [2.45, 2.75) is 5.25 Å². The van der Waals surface area contributed by atoms with Crippen LogP contribution in [-0.2, 0) is 0 Å². The Balaban J connectivity index is 2.98. The Morgan fingerprint density at radius 2 is 1.38 bits per heavy atom. The molecular formula is C9H20S7. The van der Waals surface area contributed by atoms with Crippen LogP contribution < -0.4 is 0 Å². The first-order valence-corrected chi connectivity index (χ1v) is 11.7. The minimum Gasteiger partial charge on any atom is -0.179 e. The summed E-state index contributed by atoms with van der Waals surface area (Å²) in [6, 6.07) is 0. The molecule has 0 rings (SSSR count). The third kappa shape index (κ3) is 14.5. The van der Waals surface area contributed by atoms with Crippen molar-refractivity contribution in [1.29, 1.82) is 0 Å². The summed E-state index contributed by atoms with van der Waals surface area (Å²) in [7, 11) is 1.58. The fourth-order valence-corrected chi connectivity index (χ4v) is 6.10. The molecule has 0 N–H and O–H groups in total. The molecular weight excluding hydrogens is 333 g/mol. The highest BCUT2D eigenvalue weighted by Crippen LogP contribution is 2.16. The third-order valence-corrected chi connectivity index (χ3v) is 7.56. The van der Waals surface area contributed by atoms with Crippen molar-refractivity contribution in [3.8, 4) is 0 Å². The number of thiol groups is 3. The Morgan fingerprint density at radius 3 is 1.94 bits per heavy atom. The van der Waals surface area contributed by atoms with E-state index < -0.39 is 0 Å². The lowest BCUT2D eigenvalue weighted by Gasteiger charge is -2.07. The fraction of sp³-hybridized carbons (Fsp3) is 1.00. The van der Waals surface area contributed by atoms with Gasteiger partial charge in [0.05, 0.1) is 0 Å². The smallest absolute Gasteiger partial charge is 0.0206 e. The van der Waals surface area contributed by atoms with Gasteiger partial charge in [0, 0.05) is 45.5 Å². The van der Waals surface area contributed by atoms with E-state index in [9.17, 15) is 0 Å². The lowest BCUT2D eigenvalue weighted by atomic mass is 10.6. The molecule has 0 spiro atoms. The lowest BCUT2D eigenvalue weighted by Crippen LogP contribution is -2.05. The summed E-state index contributed by atoms with van der Waals surface area (Å²) in [5, 5.41) is 0.489. The highest BCUT2D eigenvalue weighted by Gasteiger charge is 2.01. The predicted octanol–water partition coefficient (Wildman–Crippen LogP) is 3.99. The van der Waals surface area contributed by atoms with Gasteiger partial charge in [-0.2, -0.15) is 60.5 Å². The van der Waals surface area contributed by atoms with Gasteiger partial charge in [0.15, 0.2) is 0 Å². The molecule has 16 heavy (non-hydrogen) atoms. The van der Waals surface area contributed by atoms with Crippen LogP contribution in [0.15, 0.2) is 0 Å². The molecule has 0 nitrogen and oxygen atoms in total. The van der Waals surface area contributed by atoms with Crippen molar-refractivity contribution in [2.75, 3.05) is 46.0 Å². The van der Waals surface area contributed by atoms with E-state index in [4.69, 9.17) is 0 Å². The third-order valence-electron chi connectivity index (χ3n) is 1.56. The maximum absolute atomic E-state index is 4.48. The highest BCUT2D eigenvalue weighted by atomic mass is 33.1. The molecule has 0 saturated carbocycles. The molecule has 0 radical (unpaired) electrons. The van der Waals surface area contributed by atoms with Gasteiger partial charge in [-0.1, -0.05) is 10.8 Å². The summed E-state index contributed by atoms with van der Waals surface area (Å²) in [6.07, 6.45) is 0. The van der Waals surface area contributed by atoms with E-state index in [0.29, 0.717) is 5.25 Å². The van der Waals surface area contributed by atoms with Crippen LogP contribution in [0.4, 0.5) is 0 Å². The molecule has 0 fully saturated rings. The molecule has 0 aromatic heterocycles. The minimum atomic E-state index is 0.489. The van der Waals surface area contributed by atoms with Crippen molar-refractivity contribution >= 4 is 83.0 Å². The molecule has 0 aromatic carbocycles. The van der Waals surface area contributed by atoms with Crippen LogP contribution >= 0.6 is 83.0 Å². The zero-order valence-electron chi connectivity index (χ0n) is 9.21. The normalized spacial score (nSPS) is 12.9. The molecule has 0 aromatic rings. The van der Waals surface area contributed by atoms with Gasteiger partial charge in [-0.25, -0.2) is 0 Å². The van der Waals surface area contributed by atoms with Crippen LogP contribution in [0.1, 0.15) is 0 Å². The second kappa shape index (κ2) is 15.5. The van der Waals surface area contributed by atoms with Crippen molar-refractivity contribution in [3.05, 3.63) is 0 Å². The van der Waals surface area contributed by atoms with E-state index in [-0.39, 0.29) is 0 Å². The van der Waals surface area contributed by atoms with Gasteiger partial charge in [0.25, 0.3) is 0 Å². The Hall–Kier alpha value is 2.45. The molecule has 1 atom stereocenters. The van der Waals surface area contributed by atoms with Crippen LogP contribution in [0.5, 0.6) is 0 Å². The van der Waals surface area contributed by atoms with Gasteiger partial charge in [-0.3, -0.25) is 0 Å². The van der Waals surface area contributed by atoms with Crippen LogP contribution in [-0.4, -0.2) is 51.3 Å². The summed E-state index contributed by atoms with van der Waals surface area (Å²) in [6.45, 7) is 0. The van der Waals surface area contributed by atoms with Crippen molar-refractivity contribution < 1.29 is 0 Å². The average molecular weight is 353 g/mol. The second-order valence-corrected chi connectivity index (χ2v) is 9.12. The van der Waals surface area contributed by atoms with E-state index >= 15 is 0 Å². The molecule has 0 aliphatic rings. The lowest BCUT2D eigenvalue weighted by molar-refractivity contribution is 1.16. The zero-order chi connectivity index (χ0) is 12.1. The maximum Gasteiger partial charge on any atom is 0.0206 e. The Bertz CT molecular complexity index is 133. The molecule has 0 aliphatic carbocycles. The molecule has 7 heteroatoms. The van der Waals surface area contributed by atoms with Crippen molar-refractivity contribution in [1.82, 2.24) is 0 Å². The summed E-state index contributed by atoms with van der Waals surface area (Å²) < 4.78 is 0. The number of hydrogen-bond acceptors (Lipinski definition) is 7. The number of hydrogen-bond donors (Lipinski definition) is 3. The van der Waals surface area contributed by atoms with Crippen LogP contribution in [0, 0.1) is 0 Å². The van der Waals surface area contributed by atoms with Gasteiger partial charge in [0.1, 0.15) is 0 Å². The summed E-state index contributed by atoms with van der Waals surface area (Å²) in [4.78, 5) is 0. The SMILES string of the molecule is SCCSCCSCCSCC(S)CSS. The first-order valence-electron chi connectivity index (χ1n) is 5.09. The summed E-state index contributed by atoms with van der Waals surface area (Å²) >= 11 is 18.9. The van der Waals surface area contributed by atoms with E-state index in [1.54, 1.807) is 10.8 Å². The summed E-state index contributed by atoms with van der Waals surface area (Å²) in [5.74, 6) is 9.41. The number of rotatable bonds is 12. The van der Waals surface area contributed by atoms with E-state index in [0.717, 1.165) is 17.3 Å². The predicted molar refractivity (Wildman–Crippen MR) is 100 cm³/mol. The second-order valence-electron chi connectivity index (χ2n) is 2.97. The van der Waals surface area contributed by atoms with Crippen LogP contribution in [0.25, 0.3) is 0 Å². The van der Waals surface area contributed by atoms with Crippen LogP contribution in [0.2, 0.25) is 0 Å². The largest absolute Gasteiger partial charge is 0.179 e. The monoisotopic (exact) mass is 352 g/mol. The molecule has 1 unspecified atom stereocenters. The molecule has 0 bridgehead atoms. The van der Waals surface area contributed by atoms with Gasteiger partial charge >= 0.3 is 0 Å². The highest BCUT2D eigenvalue weighted by molar-refractivity contribution is 8.68. The maximum atomic E-state index is 4.48. The average Bonchev–Trinajstić information content (AvgIpc) is 2.27. The van der Waals surface area contributed by atoms with E-state index in [1.165, 1.54) is 28.8 Å². The molecule has 0 saturated heterocycles. The fourth-order valence-electron chi connectivity index (χ4n) is 0.858. The molecule has 0 amide bonds. The molecule has 0 heterocycles. The van der Waals surface area contributed by atoms with E-state index in [1.807, 2.05) is 23.5 Å². The van der Waals surface area contributed by atoms with Gasteiger partial charge in [-0.05, 0) is 5.75 Å². The standard InChI is InChI=1S/C9H20S7/c10-1-2-13-3-4-14-5-6-15-7-9(11)8-16-12/h9-12H,1-8H2. The Kier molecular flexibility index (Phi) is 17.9.